The highest BCUT2D eigenvalue weighted by atomic mass is 79.9. The van der Waals surface area contributed by atoms with E-state index in [4.69, 9.17) is 0 Å². The standard InChI is InChI=1S/C21H18BrFN2O3S/c1-2-24(12-15-11-16(22)9-10-17(15)23)20(26)13-25-18-7-3-5-14-6-4-8-19(21(14)18)29(25,27)28/h3-11H,2,12-13H2,1H3. The second-order valence-corrected chi connectivity index (χ2v) is 9.53. The van der Waals surface area contributed by atoms with Gasteiger partial charge in [0.15, 0.2) is 0 Å². The van der Waals surface area contributed by atoms with Crippen LogP contribution in [0.15, 0.2) is 64.0 Å². The molecule has 0 bridgehead atoms. The molecule has 0 radical (unpaired) electrons. The van der Waals surface area contributed by atoms with Crippen LogP contribution in [0.1, 0.15) is 12.5 Å². The number of hydrogen-bond acceptors (Lipinski definition) is 3. The maximum absolute atomic E-state index is 14.1. The Hall–Kier alpha value is -2.45. The Morgan fingerprint density at radius 1 is 1.14 bits per heavy atom. The summed E-state index contributed by atoms with van der Waals surface area (Å²) in [4.78, 5) is 14.6. The minimum absolute atomic E-state index is 0.0612. The molecule has 0 unspecified atom stereocenters. The molecule has 0 N–H and O–H groups in total. The number of sulfonamides is 1. The number of halogens is 2. The molecular weight excluding hydrogens is 459 g/mol. The normalized spacial score (nSPS) is 14.4. The van der Waals surface area contributed by atoms with Crippen molar-refractivity contribution in [3.05, 3.63) is 70.5 Å². The van der Waals surface area contributed by atoms with Crippen LogP contribution in [-0.4, -0.2) is 32.3 Å². The summed E-state index contributed by atoms with van der Waals surface area (Å²) in [5.74, 6) is -0.800. The first-order valence-electron chi connectivity index (χ1n) is 9.09. The predicted molar refractivity (Wildman–Crippen MR) is 114 cm³/mol. The third-order valence-corrected chi connectivity index (χ3v) is 7.36. The predicted octanol–water partition coefficient (Wildman–Crippen LogP) is 4.30. The van der Waals surface area contributed by atoms with E-state index in [1.54, 1.807) is 43.3 Å². The molecule has 0 fully saturated rings. The highest BCUT2D eigenvalue weighted by Crippen LogP contribution is 2.41. The third-order valence-electron chi connectivity index (χ3n) is 5.06. The van der Waals surface area contributed by atoms with Gasteiger partial charge in [-0.1, -0.05) is 40.2 Å². The topological polar surface area (TPSA) is 57.7 Å². The van der Waals surface area contributed by atoms with Crippen LogP contribution in [0.5, 0.6) is 0 Å². The number of likely N-dealkylation sites (N-methyl/N-ethyl adjacent to an activating group) is 1. The summed E-state index contributed by atoms with van der Waals surface area (Å²) in [6.45, 7) is 1.84. The van der Waals surface area contributed by atoms with Crippen LogP contribution in [0.25, 0.3) is 10.8 Å². The van der Waals surface area contributed by atoms with Gasteiger partial charge in [-0.15, -0.1) is 0 Å². The zero-order valence-electron chi connectivity index (χ0n) is 15.6. The number of carbonyl (C=O) groups excluding carboxylic acids is 1. The van der Waals surface area contributed by atoms with E-state index in [-0.39, 0.29) is 23.9 Å². The summed E-state index contributed by atoms with van der Waals surface area (Å²) in [5, 5.41) is 1.44. The van der Waals surface area contributed by atoms with Gasteiger partial charge < -0.3 is 4.90 Å². The minimum Gasteiger partial charge on any atom is -0.337 e. The Kier molecular flexibility index (Phi) is 5.08. The van der Waals surface area contributed by atoms with Gasteiger partial charge in [-0.05, 0) is 42.6 Å². The van der Waals surface area contributed by atoms with Gasteiger partial charge in [-0.25, -0.2) is 12.8 Å². The quantitative estimate of drug-likeness (QED) is 0.551. The lowest BCUT2D eigenvalue weighted by Gasteiger charge is -2.25. The molecule has 150 valence electrons. The number of rotatable bonds is 5. The van der Waals surface area contributed by atoms with Crippen LogP contribution in [0.3, 0.4) is 0 Å². The van der Waals surface area contributed by atoms with Crippen molar-refractivity contribution < 1.29 is 17.6 Å². The number of amides is 1. The molecule has 0 saturated heterocycles. The van der Waals surface area contributed by atoms with Crippen LogP contribution in [0, 0.1) is 5.82 Å². The van der Waals surface area contributed by atoms with Gasteiger partial charge in [0, 0.05) is 28.5 Å². The number of hydrogen-bond donors (Lipinski definition) is 0. The average molecular weight is 477 g/mol. The molecule has 1 amide bonds. The lowest BCUT2D eigenvalue weighted by Crippen LogP contribution is -2.41. The van der Waals surface area contributed by atoms with E-state index in [1.165, 1.54) is 11.0 Å². The first kappa shape index (κ1) is 19.8. The van der Waals surface area contributed by atoms with E-state index < -0.39 is 15.8 Å². The smallest absolute Gasteiger partial charge is 0.265 e. The van der Waals surface area contributed by atoms with Crippen molar-refractivity contribution in [1.82, 2.24) is 4.90 Å². The van der Waals surface area contributed by atoms with Gasteiger partial charge in [0.2, 0.25) is 5.91 Å². The maximum Gasteiger partial charge on any atom is 0.265 e. The number of anilines is 1. The number of carbonyl (C=O) groups is 1. The van der Waals surface area contributed by atoms with Crippen molar-refractivity contribution in [3.8, 4) is 0 Å². The molecular formula is C21H18BrFN2O3S. The highest BCUT2D eigenvalue weighted by Gasteiger charge is 2.37. The highest BCUT2D eigenvalue weighted by molar-refractivity contribution is 9.10. The molecule has 0 saturated carbocycles. The van der Waals surface area contributed by atoms with E-state index in [1.807, 2.05) is 12.1 Å². The Labute approximate surface area is 176 Å². The molecule has 5 nitrogen and oxygen atoms in total. The van der Waals surface area contributed by atoms with Crippen LogP contribution in [-0.2, 0) is 21.4 Å². The number of benzene rings is 3. The molecule has 1 heterocycles. The Bertz CT molecular complexity index is 1220. The van der Waals surface area contributed by atoms with Crippen LogP contribution < -0.4 is 4.31 Å². The second-order valence-electron chi connectivity index (χ2n) is 6.79. The molecule has 1 aliphatic rings. The molecule has 4 rings (SSSR count). The summed E-state index contributed by atoms with van der Waals surface area (Å²) < 4.78 is 42.1. The minimum atomic E-state index is -3.82. The Morgan fingerprint density at radius 2 is 1.86 bits per heavy atom. The molecule has 3 aromatic carbocycles. The lowest BCUT2D eigenvalue weighted by molar-refractivity contribution is -0.129. The van der Waals surface area contributed by atoms with Crippen molar-refractivity contribution in [2.75, 3.05) is 17.4 Å². The van der Waals surface area contributed by atoms with Crippen LogP contribution in [0.4, 0.5) is 10.1 Å². The molecule has 0 atom stereocenters. The van der Waals surface area contributed by atoms with E-state index in [0.29, 0.717) is 27.7 Å². The van der Waals surface area contributed by atoms with Gasteiger partial charge in [0.25, 0.3) is 10.0 Å². The fourth-order valence-corrected chi connectivity index (χ4v) is 5.67. The summed E-state index contributed by atoms with van der Waals surface area (Å²) in [6, 6.07) is 15.0. The van der Waals surface area contributed by atoms with E-state index >= 15 is 0 Å². The Morgan fingerprint density at radius 3 is 2.59 bits per heavy atom. The monoisotopic (exact) mass is 476 g/mol. The largest absolute Gasteiger partial charge is 0.337 e. The van der Waals surface area contributed by atoms with Crippen molar-refractivity contribution >= 4 is 48.3 Å². The van der Waals surface area contributed by atoms with Gasteiger partial charge in [-0.2, -0.15) is 0 Å². The first-order valence-corrected chi connectivity index (χ1v) is 11.3. The zero-order valence-corrected chi connectivity index (χ0v) is 18.0. The average Bonchev–Trinajstić information content (AvgIpc) is 2.92. The summed E-state index contributed by atoms with van der Waals surface area (Å²) in [7, 11) is -3.82. The van der Waals surface area contributed by atoms with Gasteiger partial charge in [-0.3, -0.25) is 9.10 Å². The van der Waals surface area contributed by atoms with Crippen molar-refractivity contribution in [1.29, 1.82) is 0 Å². The fraction of sp³-hybridized carbons (Fsp3) is 0.190. The molecule has 0 aliphatic carbocycles. The summed E-state index contributed by atoms with van der Waals surface area (Å²) in [5.41, 5.74) is 0.861. The van der Waals surface area contributed by atoms with Crippen LogP contribution >= 0.6 is 15.9 Å². The van der Waals surface area contributed by atoms with Crippen LogP contribution in [0.2, 0.25) is 0 Å². The third kappa shape index (κ3) is 3.40. The summed E-state index contributed by atoms with van der Waals surface area (Å²) in [6.07, 6.45) is 0. The molecule has 3 aromatic rings. The van der Waals surface area contributed by atoms with Crippen molar-refractivity contribution in [3.63, 3.8) is 0 Å². The summed E-state index contributed by atoms with van der Waals surface area (Å²) >= 11 is 3.31. The SMILES string of the molecule is CCN(Cc1cc(Br)ccc1F)C(=O)CN1c2cccc3cccc(c23)S1(=O)=O. The van der Waals surface area contributed by atoms with Gasteiger partial charge in [0.1, 0.15) is 12.4 Å². The maximum atomic E-state index is 14.1. The molecule has 1 aliphatic heterocycles. The number of nitrogens with zero attached hydrogens (tertiary/aromatic N) is 2. The Balaban J connectivity index is 1.64. The van der Waals surface area contributed by atoms with E-state index in [2.05, 4.69) is 15.9 Å². The van der Waals surface area contributed by atoms with Gasteiger partial charge in [0.05, 0.1) is 10.6 Å². The van der Waals surface area contributed by atoms with Crippen molar-refractivity contribution in [2.45, 2.75) is 18.4 Å². The van der Waals surface area contributed by atoms with E-state index in [0.717, 1.165) is 9.69 Å². The lowest BCUT2D eigenvalue weighted by atomic mass is 10.1. The molecule has 29 heavy (non-hydrogen) atoms. The van der Waals surface area contributed by atoms with Gasteiger partial charge >= 0.3 is 0 Å². The first-order chi connectivity index (χ1) is 13.8. The second kappa shape index (κ2) is 7.42. The van der Waals surface area contributed by atoms with Crippen molar-refractivity contribution in [2.24, 2.45) is 0 Å². The molecule has 8 heteroatoms. The molecule has 0 aromatic heterocycles. The van der Waals surface area contributed by atoms with E-state index in [9.17, 15) is 17.6 Å². The molecule has 0 spiro atoms. The fourth-order valence-electron chi connectivity index (χ4n) is 3.60. The zero-order chi connectivity index (χ0) is 20.8.